The molecule has 1 heterocycles. The lowest BCUT2D eigenvalue weighted by molar-refractivity contribution is 0.104. The van der Waals surface area contributed by atoms with E-state index in [1.165, 1.54) is 16.2 Å². The summed E-state index contributed by atoms with van der Waals surface area (Å²) in [5.74, 6) is -0.0674. The van der Waals surface area contributed by atoms with Crippen LogP contribution in [0.4, 0.5) is 0 Å². The van der Waals surface area contributed by atoms with E-state index in [0.29, 0.717) is 20.5 Å². The largest absolute Gasteiger partial charge is 0.288 e. The second-order valence-corrected chi connectivity index (χ2v) is 5.50. The van der Waals surface area contributed by atoms with Crippen LogP contribution in [0.1, 0.15) is 27.0 Å². The summed E-state index contributed by atoms with van der Waals surface area (Å²) in [7, 11) is 0. The van der Waals surface area contributed by atoms with Crippen molar-refractivity contribution in [2.45, 2.75) is 13.3 Å². The number of ketones is 1. The van der Waals surface area contributed by atoms with Crippen LogP contribution in [0.5, 0.6) is 0 Å². The van der Waals surface area contributed by atoms with Gasteiger partial charge in [-0.05, 0) is 30.7 Å². The molecule has 0 radical (unpaired) electrons. The lowest BCUT2D eigenvalue weighted by Gasteiger charge is -2.02. The molecule has 0 unspecified atom stereocenters. The van der Waals surface area contributed by atoms with Gasteiger partial charge in [-0.15, -0.1) is 11.3 Å². The van der Waals surface area contributed by atoms with Crippen molar-refractivity contribution in [3.63, 3.8) is 0 Å². The standard InChI is InChI=1S/C13H10Cl2OS/c1-2-8-6-7-11(17-8)13(16)9-4-3-5-10(14)12(9)15/h3-7H,2H2,1H3. The molecule has 0 aliphatic carbocycles. The Balaban J connectivity index is 2.40. The van der Waals surface area contributed by atoms with Crippen LogP contribution in [0.2, 0.25) is 10.0 Å². The third-order valence-corrected chi connectivity index (χ3v) is 4.48. The number of hydrogen-bond acceptors (Lipinski definition) is 2. The lowest BCUT2D eigenvalue weighted by atomic mass is 10.1. The first-order chi connectivity index (χ1) is 8.13. The molecule has 2 aromatic rings. The van der Waals surface area contributed by atoms with Crippen LogP contribution in [0.15, 0.2) is 30.3 Å². The Kier molecular flexibility index (Phi) is 3.87. The Morgan fingerprint density at radius 2 is 2.00 bits per heavy atom. The highest BCUT2D eigenvalue weighted by molar-refractivity contribution is 7.14. The SMILES string of the molecule is CCc1ccc(C(=O)c2cccc(Cl)c2Cl)s1. The molecule has 0 fully saturated rings. The van der Waals surface area contributed by atoms with Crippen LogP contribution in [0, 0.1) is 0 Å². The van der Waals surface area contributed by atoms with E-state index >= 15 is 0 Å². The van der Waals surface area contributed by atoms with Crippen molar-refractivity contribution in [3.05, 3.63) is 55.7 Å². The molecular weight excluding hydrogens is 275 g/mol. The lowest BCUT2D eigenvalue weighted by Crippen LogP contribution is -1.99. The fourth-order valence-corrected chi connectivity index (χ4v) is 2.79. The molecule has 1 nitrogen and oxygen atoms in total. The number of hydrogen-bond donors (Lipinski definition) is 0. The summed E-state index contributed by atoms with van der Waals surface area (Å²) in [6, 6.07) is 8.91. The highest BCUT2D eigenvalue weighted by atomic mass is 35.5. The van der Waals surface area contributed by atoms with Crippen molar-refractivity contribution in [2.24, 2.45) is 0 Å². The van der Waals surface area contributed by atoms with E-state index in [0.717, 1.165) is 6.42 Å². The molecule has 0 bridgehead atoms. The summed E-state index contributed by atoms with van der Waals surface area (Å²) in [6.07, 6.45) is 0.932. The van der Waals surface area contributed by atoms with Crippen LogP contribution in [-0.4, -0.2) is 5.78 Å². The smallest absolute Gasteiger partial charge is 0.204 e. The molecule has 4 heteroatoms. The molecular formula is C13H10Cl2OS. The third kappa shape index (κ3) is 2.54. The van der Waals surface area contributed by atoms with Crippen molar-refractivity contribution in [3.8, 4) is 0 Å². The zero-order valence-corrected chi connectivity index (χ0v) is 11.5. The molecule has 1 aromatic carbocycles. The second kappa shape index (κ2) is 5.21. The molecule has 0 aliphatic heterocycles. The van der Waals surface area contributed by atoms with E-state index in [-0.39, 0.29) is 5.78 Å². The van der Waals surface area contributed by atoms with Gasteiger partial charge in [-0.25, -0.2) is 0 Å². The summed E-state index contributed by atoms with van der Waals surface area (Å²) < 4.78 is 0. The summed E-state index contributed by atoms with van der Waals surface area (Å²) in [4.78, 5) is 14.1. The van der Waals surface area contributed by atoms with Crippen molar-refractivity contribution >= 4 is 40.3 Å². The molecule has 0 spiro atoms. The van der Waals surface area contributed by atoms with Gasteiger partial charge in [-0.2, -0.15) is 0 Å². The Bertz CT molecular complexity index is 560. The Morgan fingerprint density at radius 1 is 1.24 bits per heavy atom. The maximum atomic E-state index is 12.2. The van der Waals surface area contributed by atoms with Gasteiger partial charge in [0.2, 0.25) is 5.78 Å². The van der Waals surface area contributed by atoms with E-state index in [4.69, 9.17) is 23.2 Å². The summed E-state index contributed by atoms with van der Waals surface area (Å²) >= 11 is 13.4. The van der Waals surface area contributed by atoms with Crippen LogP contribution in [0.3, 0.4) is 0 Å². The number of carbonyl (C=O) groups excluding carboxylic acids is 1. The van der Waals surface area contributed by atoms with Crippen molar-refractivity contribution in [2.75, 3.05) is 0 Å². The van der Waals surface area contributed by atoms with Crippen LogP contribution in [-0.2, 0) is 6.42 Å². The molecule has 0 amide bonds. The summed E-state index contributed by atoms with van der Waals surface area (Å²) in [5.41, 5.74) is 0.462. The number of aryl methyl sites for hydroxylation is 1. The van der Waals surface area contributed by atoms with Gasteiger partial charge in [0.1, 0.15) is 0 Å². The van der Waals surface area contributed by atoms with Gasteiger partial charge in [0.15, 0.2) is 0 Å². The number of benzene rings is 1. The van der Waals surface area contributed by atoms with Crippen LogP contribution in [0.25, 0.3) is 0 Å². The number of carbonyl (C=O) groups is 1. The fraction of sp³-hybridized carbons (Fsp3) is 0.154. The summed E-state index contributed by atoms with van der Waals surface area (Å²) in [5, 5.41) is 0.732. The Hall–Kier alpha value is -0.830. The first kappa shape index (κ1) is 12.6. The van der Waals surface area contributed by atoms with Gasteiger partial charge >= 0.3 is 0 Å². The Morgan fingerprint density at radius 3 is 2.65 bits per heavy atom. The topological polar surface area (TPSA) is 17.1 Å². The maximum Gasteiger partial charge on any atom is 0.204 e. The average Bonchev–Trinajstić information content (AvgIpc) is 2.80. The minimum absolute atomic E-state index is 0.0674. The molecule has 1 aromatic heterocycles. The molecule has 17 heavy (non-hydrogen) atoms. The molecule has 0 saturated carbocycles. The molecule has 88 valence electrons. The predicted molar refractivity (Wildman–Crippen MR) is 73.6 cm³/mol. The van der Waals surface area contributed by atoms with Gasteiger partial charge in [0, 0.05) is 10.4 Å². The monoisotopic (exact) mass is 284 g/mol. The van der Waals surface area contributed by atoms with Crippen LogP contribution < -0.4 is 0 Å². The fourth-order valence-electron chi connectivity index (χ4n) is 1.50. The number of rotatable bonds is 3. The highest BCUT2D eigenvalue weighted by Gasteiger charge is 2.16. The van der Waals surface area contributed by atoms with Crippen molar-refractivity contribution in [1.29, 1.82) is 0 Å². The first-order valence-corrected chi connectivity index (χ1v) is 6.78. The summed E-state index contributed by atoms with van der Waals surface area (Å²) in [6.45, 7) is 2.06. The zero-order valence-electron chi connectivity index (χ0n) is 9.17. The molecule has 2 rings (SSSR count). The van der Waals surface area contributed by atoms with E-state index in [2.05, 4.69) is 6.92 Å². The first-order valence-electron chi connectivity index (χ1n) is 5.21. The number of thiophene rings is 1. The van der Waals surface area contributed by atoms with Gasteiger partial charge in [0.05, 0.1) is 14.9 Å². The second-order valence-electron chi connectivity index (χ2n) is 3.55. The quantitative estimate of drug-likeness (QED) is 0.737. The van der Waals surface area contributed by atoms with Gasteiger partial charge in [-0.3, -0.25) is 4.79 Å². The molecule has 0 atom stereocenters. The van der Waals surface area contributed by atoms with Crippen LogP contribution >= 0.6 is 34.5 Å². The van der Waals surface area contributed by atoms with Gasteiger partial charge in [-0.1, -0.05) is 36.2 Å². The maximum absolute atomic E-state index is 12.2. The zero-order chi connectivity index (χ0) is 12.4. The van der Waals surface area contributed by atoms with Gasteiger partial charge in [0.25, 0.3) is 0 Å². The number of halogens is 2. The van der Waals surface area contributed by atoms with E-state index in [9.17, 15) is 4.79 Å². The predicted octanol–water partition coefficient (Wildman–Crippen LogP) is 4.85. The minimum Gasteiger partial charge on any atom is -0.288 e. The minimum atomic E-state index is -0.0674. The molecule has 0 saturated heterocycles. The van der Waals surface area contributed by atoms with Crippen molar-refractivity contribution < 1.29 is 4.79 Å². The highest BCUT2D eigenvalue weighted by Crippen LogP contribution is 2.29. The van der Waals surface area contributed by atoms with Gasteiger partial charge < -0.3 is 0 Å². The van der Waals surface area contributed by atoms with Crippen molar-refractivity contribution in [1.82, 2.24) is 0 Å². The van der Waals surface area contributed by atoms with E-state index in [1.54, 1.807) is 18.2 Å². The van der Waals surface area contributed by atoms with E-state index < -0.39 is 0 Å². The normalized spacial score (nSPS) is 10.5. The average molecular weight is 285 g/mol. The molecule has 0 aliphatic rings. The Labute approximate surface area is 114 Å². The third-order valence-electron chi connectivity index (χ3n) is 2.43. The molecule has 0 N–H and O–H groups in total. The van der Waals surface area contributed by atoms with E-state index in [1.807, 2.05) is 12.1 Å².